The fraction of sp³-hybridized carbons (Fsp3) is 0.348. The van der Waals surface area contributed by atoms with E-state index in [1.54, 1.807) is 6.07 Å². The Bertz CT molecular complexity index is 1120. The van der Waals surface area contributed by atoms with Crippen LogP contribution in [0.2, 0.25) is 0 Å². The van der Waals surface area contributed by atoms with Crippen molar-refractivity contribution in [2.75, 3.05) is 10.2 Å². The molecule has 0 unspecified atom stereocenters. The Morgan fingerprint density at radius 2 is 1.90 bits per heavy atom. The Hall–Kier alpha value is -3.22. The highest BCUT2D eigenvalue weighted by molar-refractivity contribution is 6.05. The number of para-hydroxylation sites is 2. The summed E-state index contributed by atoms with van der Waals surface area (Å²) in [4.78, 5) is 32.7. The third-order valence-corrected chi connectivity index (χ3v) is 6.05. The van der Waals surface area contributed by atoms with Gasteiger partial charge in [-0.25, -0.2) is 9.37 Å². The SMILES string of the molecule is O=C(C[C@H]1C(=O)N(C2CCCCC2)c2nc3ccccc3n21)Nc1cccc(F)c1. The summed E-state index contributed by atoms with van der Waals surface area (Å²) < 4.78 is 15.3. The number of imidazole rings is 1. The monoisotopic (exact) mass is 406 g/mol. The van der Waals surface area contributed by atoms with Gasteiger partial charge in [-0.15, -0.1) is 0 Å². The lowest BCUT2D eigenvalue weighted by molar-refractivity contribution is -0.125. The van der Waals surface area contributed by atoms with Gasteiger partial charge in [0.25, 0.3) is 5.91 Å². The lowest BCUT2D eigenvalue weighted by atomic mass is 9.94. The van der Waals surface area contributed by atoms with E-state index in [0.29, 0.717) is 11.6 Å². The fourth-order valence-electron chi connectivity index (χ4n) is 4.69. The Morgan fingerprint density at radius 1 is 1.10 bits per heavy atom. The van der Waals surface area contributed by atoms with Crippen LogP contribution < -0.4 is 10.2 Å². The average Bonchev–Trinajstić information content (AvgIpc) is 3.23. The summed E-state index contributed by atoms with van der Waals surface area (Å²) in [6, 6.07) is 12.9. The van der Waals surface area contributed by atoms with Crippen molar-refractivity contribution in [2.45, 2.75) is 50.6 Å². The van der Waals surface area contributed by atoms with E-state index in [1.165, 1.54) is 24.6 Å². The Kier molecular flexibility index (Phi) is 4.73. The van der Waals surface area contributed by atoms with Crippen LogP contribution in [0.4, 0.5) is 16.0 Å². The zero-order valence-corrected chi connectivity index (χ0v) is 16.6. The minimum absolute atomic E-state index is 0.0219. The molecule has 2 heterocycles. The largest absolute Gasteiger partial charge is 0.326 e. The maximum absolute atomic E-state index is 13.4. The number of rotatable bonds is 4. The normalized spacial score (nSPS) is 19.3. The second-order valence-corrected chi connectivity index (χ2v) is 8.05. The number of hydrogen-bond acceptors (Lipinski definition) is 3. The van der Waals surface area contributed by atoms with Crippen LogP contribution in [0.1, 0.15) is 44.6 Å². The molecule has 0 spiro atoms. The van der Waals surface area contributed by atoms with Crippen LogP contribution in [0.25, 0.3) is 11.0 Å². The van der Waals surface area contributed by atoms with Crippen LogP contribution in [0.5, 0.6) is 0 Å². The van der Waals surface area contributed by atoms with Crippen molar-refractivity contribution in [3.8, 4) is 0 Å². The molecule has 1 saturated carbocycles. The number of nitrogens with one attached hydrogen (secondary N) is 1. The molecule has 30 heavy (non-hydrogen) atoms. The molecule has 1 atom stereocenters. The molecule has 2 amide bonds. The molecule has 0 saturated heterocycles. The van der Waals surface area contributed by atoms with Crippen molar-refractivity contribution in [3.63, 3.8) is 0 Å². The molecule has 2 aliphatic rings. The third kappa shape index (κ3) is 3.24. The first-order valence-electron chi connectivity index (χ1n) is 10.5. The average molecular weight is 406 g/mol. The first-order chi connectivity index (χ1) is 14.6. The van der Waals surface area contributed by atoms with Crippen molar-refractivity contribution in [3.05, 3.63) is 54.3 Å². The van der Waals surface area contributed by atoms with Gasteiger partial charge in [0, 0.05) is 11.7 Å². The van der Waals surface area contributed by atoms with Gasteiger partial charge in [-0.1, -0.05) is 37.5 Å². The number of amides is 2. The highest BCUT2D eigenvalue weighted by Gasteiger charge is 2.44. The molecule has 0 bridgehead atoms. The molecular weight excluding hydrogens is 383 g/mol. The first-order valence-corrected chi connectivity index (χ1v) is 10.5. The molecule has 1 aliphatic heterocycles. The zero-order valence-electron chi connectivity index (χ0n) is 16.6. The maximum Gasteiger partial charge on any atom is 0.253 e. The Balaban J connectivity index is 1.47. The number of carbonyl (C=O) groups excluding carboxylic acids is 2. The molecule has 3 aromatic rings. The van der Waals surface area contributed by atoms with Gasteiger partial charge < -0.3 is 5.32 Å². The van der Waals surface area contributed by atoms with Crippen LogP contribution in [-0.2, 0) is 9.59 Å². The van der Waals surface area contributed by atoms with Gasteiger partial charge in [0.15, 0.2) is 0 Å². The summed E-state index contributed by atoms with van der Waals surface area (Å²) in [5.74, 6) is -0.189. The van der Waals surface area contributed by atoms with Gasteiger partial charge in [-0.3, -0.25) is 19.1 Å². The second kappa shape index (κ2) is 7.55. The number of hydrogen-bond donors (Lipinski definition) is 1. The van der Waals surface area contributed by atoms with Crippen LogP contribution in [-0.4, -0.2) is 27.4 Å². The van der Waals surface area contributed by atoms with Crippen molar-refractivity contribution in [1.29, 1.82) is 0 Å². The summed E-state index contributed by atoms with van der Waals surface area (Å²) in [5, 5.41) is 2.71. The van der Waals surface area contributed by atoms with Gasteiger partial charge in [0.05, 0.1) is 17.5 Å². The van der Waals surface area contributed by atoms with Crippen LogP contribution in [0.15, 0.2) is 48.5 Å². The highest BCUT2D eigenvalue weighted by Crippen LogP contribution is 2.40. The third-order valence-electron chi connectivity index (χ3n) is 6.05. The van der Waals surface area contributed by atoms with Crippen molar-refractivity contribution in [1.82, 2.24) is 9.55 Å². The molecule has 154 valence electrons. The van der Waals surface area contributed by atoms with E-state index >= 15 is 0 Å². The summed E-state index contributed by atoms with van der Waals surface area (Å²) in [7, 11) is 0. The zero-order chi connectivity index (χ0) is 20.7. The number of nitrogens with zero attached hydrogens (tertiary/aromatic N) is 3. The lowest BCUT2D eigenvalue weighted by Crippen LogP contribution is -2.41. The number of aromatic nitrogens is 2. The number of halogens is 1. The maximum atomic E-state index is 13.4. The summed E-state index contributed by atoms with van der Waals surface area (Å²) in [5.41, 5.74) is 2.05. The van der Waals surface area contributed by atoms with Crippen LogP contribution >= 0.6 is 0 Å². The number of anilines is 2. The van der Waals surface area contributed by atoms with Gasteiger partial charge in [-0.2, -0.15) is 0 Å². The van der Waals surface area contributed by atoms with Crippen molar-refractivity contribution in [2.24, 2.45) is 0 Å². The van der Waals surface area contributed by atoms with Crippen LogP contribution in [0, 0.1) is 5.82 Å². The molecule has 1 aliphatic carbocycles. The van der Waals surface area contributed by atoms with E-state index in [-0.39, 0.29) is 24.3 Å². The highest BCUT2D eigenvalue weighted by atomic mass is 19.1. The summed E-state index contributed by atoms with van der Waals surface area (Å²) >= 11 is 0. The standard InChI is InChI=1S/C23H23FN4O2/c24-15-7-6-8-16(13-15)25-21(29)14-20-22(30)27(17-9-2-1-3-10-17)23-26-18-11-4-5-12-19(18)28(20)23/h4-8,11-13,17,20H,1-3,9-10,14H2,(H,25,29)/t20-/m0/s1. The minimum Gasteiger partial charge on any atom is -0.326 e. The molecule has 1 N–H and O–H groups in total. The van der Waals surface area contributed by atoms with E-state index in [1.807, 2.05) is 33.7 Å². The van der Waals surface area contributed by atoms with Crippen molar-refractivity contribution >= 4 is 34.5 Å². The predicted octanol–water partition coefficient (Wildman–Crippen LogP) is 4.42. The molecular formula is C23H23FN4O2. The van der Waals surface area contributed by atoms with Crippen molar-refractivity contribution < 1.29 is 14.0 Å². The summed E-state index contributed by atoms with van der Waals surface area (Å²) in [6.45, 7) is 0. The van der Waals surface area contributed by atoms with Gasteiger partial charge in [-0.05, 0) is 43.2 Å². The van der Waals surface area contributed by atoms with E-state index < -0.39 is 11.9 Å². The molecule has 7 heteroatoms. The van der Waals surface area contributed by atoms with E-state index in [0.717, 1.165) is 36.7 Å². The quantitative estimate of drug-likeness (QED) is 0.697. The first kappa shape index (κ1) is 18.8. The second-order valence-electron chi connectivity index (χ2n) is 8.05. The summed E-state index contributed by atoms with van der Waals surface area (Å²) in [6.07, 6.45) is 5.27. The molecule has 2 aromatic carbocycles. The van der Waals surface area contributed by atoms with E-state index in [2.05, 4.69) is 5.32 Å². The Labute approximate surface area is 173 Å². The molecule has 6 nitrogen and oxygen atoms in total. The van der Waals surface area contributed by atoms with E-state index in [9.17, 15) is 14.0 Å². The van der Waals surface area contributed by atoms with Gasteiger partial charge >= 0.3 is 0 Å². The van der Waals surface area contributed by atoms with Gasteiger partial charge in [0.1, 0.15) is 11.9 Å². The van der Waals surface area contributed by atoms with Gasteiger partial charge in [0.2, 0.25) is 11.9 Å². The molecule has 5 rings (SSSR count). The van der Waals surface area contributed by atoms with Crippen LogP contribution in [0.3, 0.4) is 0 Å². The predicted molar refractivity (Wildman–Crippen MR) is 113 cm³/mol. The number of fused-ring (bicyclic) bond motifs is 3. The molecule has 1 aromatic heterocycles. The number of benzene rings is 2. The minimum atomic E-state index is -0.650. The Morgan fingerprint density at radius 3 is 2.70 bits per heavy atom. The molecule has 1 fully saturated rings. The fourth-order valence-corrected chi connectivity index (χ4v) is 4.69. The smallest absolute Gasteiger partial charge is 0.253 e. The topological polar surface area (TPSA) is 67.2 Å². The molecule has 0 radical (unpaired) electrons. The van der Waals surface area contributed by atoms with E-state index in [4.69, 9.17) is 4.98 Å². The lowest BCUT2D eigenvalue weighted by Gasteiger charge is -2.30. The number of carbonyl (C=O) groups is 2.